The second-order valence-corrected chi connectivity index (χ2v) is 6.67. The molecule has 0 aromatic carbocycles. The molecule has 1 heterocycles. The van der Waals surface area contributed by atoms with Gasteiger partial charge in [0.05, 0.1) is 6.61 Å². The van der Waals surface area contributed by atoms with Gasteiger partial charge in [-0.05, 0) is 38.1 Å². The number of ether oxygens (including phenoxy) is 1. The maximum Gasteiger partial charge on any atom is 0.191 e. The number of likely N-dealkylation sites (tertiary alicyclic amines) is 1. The molecular formula is C17H35IN4O. The second-order valence-electron chi connectivity index (χ2n) is 6.67. The normalized spacial score (nSPS) is 23.6. The minimum Gasteiger partial charge on any atom is -0.383 e. The van der Waals surface area contributed by atoms with Gasteiger partial charge >= 0.3 is 0 Å². The summed E-state index contributed by atoms with van der Waals surface area (Å²) in [5.74, 6) is 1.83. The van der Waals surface area contributed by atoms with Crippen LogP contribution in [0.2, 0.25) is 0 Å². The summed E-state index contributed by atoms with van der Waals surface area (Å²) < 4.78 is 5.06. The van der Waals surface area contributed by atoms with Gasteiger partial charge in [-0.2, -0.15) is 0 Å². The summed E-state index contributed by atoms with van der Waals surface area (Å²) in [6.45, 7) is 5.09. The first-order valence-electron chi connectivity index (χ1n) is 9.01. The average molecular weight is 438 g/mol. The third-order valence-electron chi connectivity index (χ3n) is 5.04. The number of rotatable bonds is 7. The van der Waals surface area contributed by atoms with Gasteiger partial charge in [0.1, 0.15) is 0 Å². The molecule has 23 heavy (non-hydrogen) atoms. The van der Waals surface area contributed by atoms with Crippen LogP contribution >= 0.6 is 24.0 Å². The molecule has 0 bridgehead atoms. The molecule has 0 amide bonds. The highest BCUT2D eigenvalue weighted by molar-refractivity contribution is 14.0. The van der Waals surface area contributed by atoms with Gasteiger partial charge in [0.15, 0.2) is 5.96 Å². The Kier molecular flexibility index (Phi) is 11.2. The van der Waals surface area contributed by atoms with E-state index in [0.29, 0.717) is 12.6 Å². The minimum atomic E-state index is 0. The van der Waals surface area contributed by atoms with Crippen molar-refractivity contribution < 1.29 is 4.74 Å². The molecule has 2 rings (SSSR count). The standard InChI is InChI=1S/C17H34N4O.HI/c1-18-17(19-10-12-22-2)20-13-16-9-6-11-21(16)14-15-7-4-3-5-8-15;/h15-16H,3-14H2,1-2H3,(H2,18,19,20);1H. The largest absolute Gasteiger partial charge is 0.383 e. The zero-order valence-corrected chi connectivity index (χ0v) is 17.2. The Morgan fingerprint density at radius 3 is 2.61 bits per heavy atom. The Morgan fingerprint density at radius 1 is 1.13 bits per heavy atom. The number of nitrogens with zero attached hydrogens (tertiary/aromatic N) is 2. The molecule has 1 aliphatic carbocycles. The van der Waals surface area contributed by atoms with Crippen LogP contribution in [0.4, 0.5) is 0 Å². The van der Waals surface area contributed by atoms with Crippen molar-refractivity contribution in [2.24, 2.45) is 10.9 Å². The molecule has 136 valence electrons. The minimum absolute atomic E-state index is 0. The Labute approximate surface area is 159 Å². The summed E-state index contributed by atoms with van der Waals surface area (Å²) in [4.78, 5) is 7.00. The number of hydrogen-bond acceptors (Lipinski definition) is 3. The van der Waals surface area contributed by atoms with Gasteiger partial charge in [-0.15, -0.1) is 24.0 Å². The summed E-state index contributed by atoms with van der Waals surface area (Å²) in [6.07, 6.45) is 9.87. The molecule has 0 spiro atoms. The third-order valence-corrected chi connectivity index (χ3v) is 5.04. The second kappa shape index (κ2) is 12.3. The molecule has 1 atom stereocenters. The quantitative estimate of drug-likeness (QED) is 0.278. The smallest absolute Gasteiger partial charge is 0.191 e. The average Bonchev–Trinajstić information content (AvgIpc) is 2.99. The van der Waals surface area contributed by atoms with Gasteiger partial charge in [-0.3, -0.25) is 9.89 Å². The molecule has 2 fully saturated rings. The van der Waals surface area contributed by atoms with Crippen LogP contribution in [0.3, 0.4) is 0 Å². The first-order chi connectivity index (χ1) is 10.8. The van der Waals surface area contributed by atoms with Gasteiger partial charge in [0.2, 0.25) is 0 Å². The van der Waals surface area contributed by atoms with E-state index in [1.165, 1.54) is 58.0 Å². The van der Waals surface area contributed by atoms with E-state index in [4.69, 9.17) is 4.74 Å². The maximum atomic E-state index is 5.06. The monoisotopic (exact) mass is 438 g/mol. The van der Waals surface area contributed by atoms with E-state index in [1.807, 2.05) is 7.05 Å². The van der Waals surface area contributed by atoms with Gasteiger partial charge in [-0.25, -0.2) is 0 Å². The molecule has 1 unspecified atom stereocenters. The van der Waals surface area contributed by atoms with Gasteiger partial charge in [0.25, 0.3) is 0 Å². The van der Waals surface area contributed by atoms with Crippen LogP contribution in [-0.2, 0) is 4.74 Å². The number of methoxy groups -OCH3 is 1. The van der Waals surface area contributed by atoms with E-state index in [9.17, 15) is 0 Å². The van der Waals surface area contributed by atoms with Crippen LogP contribution in [0.15, 0.2) is 4.99 Å². The number of halogens is 1. The lowest BCUT2D eigenvalue weighted by atomic mass is 9.89. The van der Waals surface area contributed by atoms with E-state index in [2.05, 4.69) is 20.5 Å². The number of aliphatic imine (C=N–C) groups is 1. The van der Waals surface area contributed by atoms with Crippen molar-refractivity contribution >= 4 is 29.9 Å². The van der Waals surface area contributed by atoms with E-state index >= 15 is 0 Å². The molecule has 1 saturated heterocycles. The molecule has 0 aromatic rings. The summed E-state index contributed by atoms with van der Waals surface area (Å²) in [7, 11) is 3.55. The highest BCUT2D eigenvalue weighted by atomic mass is 127. The maximum absolute atomic E-state index is 5.06. The van der Waals surface area contributed by atoms with Crippen molar-refractivity contribution in [1.82, 2.24) is 15.5 Å². The van der Waals surface area contributed by atoms with Gasteiger partial charge in [0, 0.05) is 39.8 Å². The number of nitrogens with one attached hydrogen (secondary N) is 2. The SMILES string of the molecule is CN=C(NCCOC)NCC1CCCN1CC1CCCCC1.I. The van der Waals surface area contributed by atoms with Crippen LogP contribution in [0.1, 0.15) is 44.9 Å². The van der Waals surface area contributed by atoms with Crippen molar-refractivity contribution in [3.63, 3.8) is 0 Å². The predicted molar refractivity (Wildman–Crippen MR) is 108 cm³/mol. The highest BCUT2D eigenvalue weighted by Gasteiger charge is 2.27. The van der Waals surface area contributed by atoms with Crippen molar-refractivity contribution in [1.29, 1.82) is 0 Å². The fourth-order valence-corrected chi connectivity index (χ4v) is 3.77. The fourth-order valence-electron chi connectivity index (χ4n) is 3.77. The van der Waals surface area contributed by atoms with Crippen LogP contribution in [0.25, 0.3) is 0 Å². The Bertz CT molecular complexity index is 335. The lowest BCUT2D eigenvalue weighted by Crippen LogP contribution is -2.46. The topological polar surface area (TPSA) is 48.9 Å². The van der Waals surface area contributed by atoms with Gasteiger partial charge in [-0.1, -0.05) is 19.3 Å². The van der Waals surface area contributed by atoms with Crippen LogP contribution in [-0.4, -0.2) is 63.8 Å². The van der Waals surface area contributed by atoms with Crippen LogP contribution in [0.5, 0.6) is 0 Å². The van der Waals surface area contributed by atoms with Gasteiger partial charge < -0.3 is 15.4 Å². The first-order valence-corrected chi connectivity index (χ1v) is 9.01. The molecule has 1 aliphatic heterocycles. The Morgan fingerprint density at radius 2 is 1.91 bits per heavy atom. The summed E-state index contributed by atoms with van der Waals surface area (Å²) >= 11 is 0. The van der Waals surface area contributed by atoms with Crippen molar-refractivity contribution in [2.45, 2.75) is 51.0 Å². The van der Waals surface area contributed by atoms with Crippen LogP contribution in [0, 0.1) is 5.92 Å². The Balaban J connectivity index is 0.00000264. The molecule has 1 saturated carbocycles. The first kappa shape index (κ1) is 21.0. The van der Waals surface area contributed by atoms with E-state index < -0.39 is 0 Å². The number of hydrogen-bond donors (Lipinski definition) is 2. The number of guanidine groups is 1. The zero-order valence-electron chi connectivity index (χ0n) is 14.9. The lowest BCUT2D eigenvalue weighted by molar-refractivity contribution is 0.187. The zero-order chi connectivity index (χ0) is 15.6. The molecule has 2 N–H and O–H groups in total. The summed E-state index contributed by atoms with van der Waals surface area (Å²) in [5, 5.41) is 6.77. The van der Waals surface area contributed by atoms with Crippen molar-refractivity contribution in [3.05, 3.63) is 0 Å². The molecule has 0 radical (unpaired) electrons. The van der Waals surface area contributed by atoms with Crippen molar-refractivity contribution in [2.75, 3.05) is 46.9 Å². The van der Waals surface area contributed by atoms with E-state index in [1.54, 1.807) is 7.11 Å². The molecule has 6 heteroatoms. The summed E-state index contributed by atoms with van der Waals surface area (Å²) in [5.41, 5.74) is 0. The third kappa shape index (κ3) is 7.56. The van der Waals surface area contributed by atoms with Crippen LogP contribution < -0.4 is 10.6 Å². The molecular weight excluding hydrogens is 403 g/mol. The lowest BCUT2D eigenvalue weighted by Gasteiger charge is -2.31. The van der Waals surface area contributed by atoms with Crippen molar-refractivity contribution in [3.8, 4) is 0 Å². The Hall–Kier alpha value is -0.0800. The molecule has 0 aromatic heterocycles. The fraction of sp³-hybridized carbons (Fsp3) is 0.941. The predicted octanol–water partition coefficient (Wildman–Crippen LogP) is 2.46. The highest BCUT2D eigenvalue weighted by Crippen LogP contribution is 2.27. The van der Waals surface area contributed by atoms with E-state index in [-0.39, 0.29) is 24.0 Å². The molecule has 2 aliphatic rings. The molecule has 5 nitrogen and oxygen atoms in total. The summed E-state index contributed by atoms with van der Waals surface area (Å²) in [6, 6.07) is 0.669. The van der Waals surface area contributed by atoms with E-state index in [0.717, 1.165) is 25.0 Å².